The van der Waals surface area contributed by atoms with E-state index in [0.29, 0.717) is 49.7 Å². The average molecular weight is 664 g/mol. The van der Waals surface area contributed by atoms with Crippen molar-refractivity contribution in [2.24, 2.45) is 28.7 Å². The Morgan fingerprint density at radius 2 is 1.92 bits per heavy atom. The Morgan fingerprint density at radius 3 is 2.54 bits per heavy atom. The summed E-state index contributed by atoms with van der Waals surface area (Å²) in [4.78, 5) is 13.8. The number of allylic oxidation sites excluding steroid dienone is 5. The molecule has 1 spiro atoms. The third-order valence-electron chi connectivity index (χ3n) is 10.9. The van der Waals surface area contributed by atoms with E-state index < -0.39 is 23.3 Å². The summed E-state index contributed by atoms with van der Waals surface area (Å²) in [5.74, 6) is -0.707. The van der Waals surface area contributed by atoms with E-state index in [9.17, 15) is 25.2 Å². The molecule has 6 atom stereocenters. The zero-order chi connectivity index (χ0) is 35.6. The molecule has 2 saturated carbocycles. The fourth-order valence-corrected chi connectivity index (χ4v) is 8.14. The van der Waals surface area contributed by atoms with E-state index in [1.807, 2.05) is 49.4 Å². The molecule has 3 rings (SSSR count). The number of carbonyl (C=O) groups is 1. The average Bonchev–Trinajstić information content (AvgIpc) is 3.39. The second-order valence-corrected chi connectivity index (χ2v) is 14.3. The molecule has 0 heterocycles. The molecule has 0 saturated heterocycles. The van der Waals surface area contributed by atoms with Crippen LogP contribution in [-0.2, 0) is 11.2 Å². The Labute approximate surface area is 288 Å². The van der Waals surface area contributed by atoms with Crippen molar-refractivity contribution in [1.29, 1.82) is 0 Å². The Hall–Kier alpha value is -2.69. The highest BCUT2D eigenvalue weighted by Crippen LogP contribution is 2.63. The molecule has 48 heavy (non-hydrogen) atoms. The van der Waals surface area contributed by atoms with Gasteiger partial charge in [-0.2, -0.15) is 0 Å². The predicted octanol–water partition coefficient (Wildman–Crippen LogP) is 5.09. The van der Waals surface area contributed by atoms with Crippen LogP contribution in [-0.4, -0.2) is 63.7 Å². The molecule has 0 aromatic heterocycles. The Kier molecular flexibility index (Phi) is 14.7. The van der Waals surface area contributed by atoms with Gasteiger partial charge in [-0.3, -0.25) is 4.79 Å². The van der Waals surface area contributed by atoms with Crippen molar-refractivity contribution < 1.29 is 25.2 Å². The van der Waals surface area contributed by atoms with E-state index in [1.54, 1.807) is 6.92 Å². The highest BCUT2D eigenvalue weighted by molar-refractivity contribution is 5.97. The maximum absolute atomic E-state index is 13.8. The summed E-state index contributed by atoms with van der Waals surface area (Å²) in [6, 6.07) is 7.53. The molecule has 2 aliphatic rings. The molecular weight excluding hydrogens is 602 g/mol. The van der Waals surface area contributed by atoms with E-state index >= 15 is 0 Å². The van der Waals surface area contributed by atoms with Gasteiger partial charge < -0.3 is 37.2 Å². The van der Waals surface area contributed by atoms with Gasteiger partial charge in [0.1, 0.15) is 0 Å². The number of aliphatic hydroxyl groups excluding tert-OH is 3. The van der Waals surface area contributed by atoms with E-state index in [1.165, 1.54) is 5.57 Å². The first-order chi connectivity index (χ1) is 22.7. The number of aliphatic hydroxyl groups is 4. The van der Waals surface area contributed by atoms with E-state index in [0.717, 1.165) is 35.2 Å². The first kappa shape index (κ1) is 39.7. The largest absolute Gasteiger partial charge is 0.396 e. The SMILES string of the molecule is C=C(/C=C/C=C(/CO)[C@H]1CC[C@@]2([C@H](CCCO)/C(=C(\C)C(=O)Cc3cccc(C(N)N)c3)CC[C@@]2(C)O)[C@@H]1O)[C@H](CC=C(C)C)NCC. The second-order valence-electron chi connectivity index (χ2n) is 14.3. The van der Waals surface area contributed by atoms with Gasteiger partial charge in [0, 0.05) is 30.4 Å². The lowest BCUT2D eigenvalue weighted by molar-refractivity contribution is -0.167. The number of nitrogens with two attached hydrogens (primary N) is 2. The number of ketones is 1. The summed E-state index contributed by atoms with van der Waals surface area (Å²) in [5, 5.41) is 48.2. The van der Waals surface area contributed by atoms with Crippen LogP contribution in [0.3, 0.4) is 0 Å². The molecule has 1 aromatic carbocycles. The van der Waals surface area contributed by atoms with Crippen LogP contribution in [0.5, 0.6) is 0 Å². The Morgan fingerprint density at radius 1 is 1.19 bits per heavy atom. The van der Waals surface area contributed by atoms with Crippen molar-refractivity contribution in [1.82, 2.24) is 5.32 Å². The van der Waals surface area contributed by atoms with Gasteiger partial charge in [-0.1, -0.05) is 73.2 Å². The van der Waals surface area contributed by atoms with Gasteiger partial charge in [-0.05, 0) is 113 Å². The molecule has 2 fully saturated rings. The maximum Gasteiger partial charge on any atom is 0.162 e. The molecule has 0 aliphatic heterocycles. The Balaban J connectivity index is 1.95. The Bertz CT molecular complexity index is 1390. The summed E-state index contributed by atoms with van der Waals surface area (Å²) < 4.78 is 0. The van der Waals surface area contributed by atoms with Crippen LogP contribution < -0.4 is 16.8 Å². The fraction of sp³-hybridized carbons (Fsp3) is 0.575. The first-order valence-electron chi connectivity index (χ1n) is 17.6. The summed E-state index contributed by atoms with van der Waals surface area (Å²) in [6.45, 7) is 14.7. The summed E-state index contributed by atoms with van der Waals surface area (Å²) in [7, 11) is 0. The van der Waals surface area contributed by atoms with E-state index in [4.69, 9.17) is 11.5 Å². The summed E-state index contributed by atoms with van der Waals surface area (Å²) in [5.41, 5.74) is 15.6. The first-order valence-corrected chi connectivity index (χ1v) is 17.6. The van der Waals surface area contributed by atoms with Crippen LogP contribution in [0, 0.1) is 17.3 Å². The number of Topliss-reactive ketones (excluding diaryl/α,β-unsaturated/α-hetero) is 1. The third-order valence-corrected chi connectivity index (χ3v) is 10.9. The number of rotatable bonds is 16. The van der Waals surface area contributed by atoms with Gasteiger partial charge in [0.2, 0.25) is 0 Å². The van der Waals surface area contributed by atoms with Crippen LogP contribution in [0.25, 0.3) is 0 Å². The van der Waals surface area contributed by atoms with Crippen LogP contribution in [0.2, 0.25) is 0 Å². The summed E-state index contributed by atoms with van der Waals surface area (Å²) >= 11 is 0. The lowest BCUT2D eigenvalue weighted by atomic mass is 9.52. The zero-order valence-corrected chi connectivity index (χ0v) is 29.8. The maximum atomic E-state index is 13.8. The third kappa shape index (κ3) is 9.10. The van der Waals surface area contributed by atoms with Crippen molar-refractivity contribution in [3.05, 3.63) is 94.1 Å². The molecule has 266 valence electrons. The normalized spacial score (nSPS) is 27.9. The van der Waals surface area contributed by atoms with Crippen LogP contribution in [0.15, 0.2) is 83.0 Å². The van der Waals surface area contributed by atoms with Crippen molar-refractivity contribution in [2.45, 2.75) is 110 Å². The topological polar surface area (TPSA) is 162 Å². The number of hydrogen-bond donors (Lipinski definition) is 7. The molecule has 8 heteroatoms. The smallest absolute Gasteiger partial charge is 0.162 e. The van der Waals surface area contributed by atoms with Crippen molar-refractivity contribution in [2.75, 3.05) is 19.8 Å². The molecule has 9 N–H and O–H groups in total. The van der Waals surface area contributed by atoms with E-state index in [2.05, 4.69) is 38.7 Å². The minimum Gasteiger partial charge on any atom is -0.396 e. The van der Waals surface area contributed by atoms with Gasteiger partial charge in [0.05, 0.1) is 24.5 Å². The molecule has 0 bridgehead atoms. The molecule has 0 unspecified atom stereocenters. The number of nitrogens with one attached hydrogen (secondary N) is 1. The zero-order valence-electron chi connectivity index (χ0n) is 29.8. The van der Waals surface area contributed by atoms with Gasteiger partial charge >= 0.3 is 0 Å². The number of hydrogen-bond acceptors (Lipinski definition) is 8. The van der Waals surface area contributed by atoms with Crippen LogP contribution in [0.4, 0.5) is 0 Å². The number of benzene rings is 1. The molecule has 8 nitrogen and oxygen atoms in total. The monoisotopic (exact) mass is 663 g/mol. The predicted molar refractivity (Wildman–Crippen MR) is 195 cm³/mol. The van der Waals surface area contributed by atoms with Crippen molar-refractivity contribution in [3.8, 4) is 0 Å². The number of likely N-dealkylation sites (N-methyl/N-ethyl adjacent to an activating group) is 1. The lowest BCUT2D eigenvalue weighted by Gasteiger charge is -2.55. The van der Waals surface area contributed by atoms with Crippen LogP contribution in [0.1, 0.15) is 96.9 Å². The second kappa shape index (κ2) is 17.8. The highest BCUT2D eigenvalue weighted by atomic mass is 16.3. The van der Waals surface area contributed by atoms with Gasteiger partial charge in [0.15, 0.2) is 5.78 Å². The minimum atomic E-state index is -1.21. The molecule has 0 amide bonds. The minimum absolute atomic E-state index is 0.0239. The van der Waals surface area contributed by atoms with Gasteiger partial charge in [-0.15, -0.1) is 0 Å². The number of carbonyl (C=O) groups excluding carboxylic acids is 1. The van der Waals surface area contributed by atoms with Crippen molar-refractivity contribution in [3.63, 3.8) is 0 Å². The fourth-order valence-electron chi connectivity index (χ4n) is 8.14. The highest BCUT2D eigenvalue weighted by Gasteiger charge is 2.64. The molecule has 0 radical (unpaired) electrons. The lowest BCUT2D eigenvalue weighted by Crippen LogP contribution is -2.59. The van der Waals surface area contributed by atoms with Gasteiger partial charge in [-0.25, -0.2) is 0 Å². The van der Waals surface area contributed by atoms with Gasteiger partial charge in [0.25, 0.3) is 0 Å². The van der Waals surface area contributed by atoms with Crippen LogP contribution >= 0.6 is 0 Å². The quantitative estimate of drug-likeness (QED) is 0.0557. The molecular formula is C40H61N3O5. The van der Waals surface area contributed by atoms with E-state index in [-0.39, 0.29) is 43.3 Å². The molecule has 1 aromatic rings. The molecule has 2 aliphatic carbocycles. The standard InChI is InChI=1S/C40H61N3O5/c1-7-43-35(17-16-26(2)3)27(4)11-8-14-31(25-45)33-19-21-40(37(33)47)34(15-10-22-44)32(18-20-39(40,6)48)28(5)36(46)24-29-12-9-13-30(23-29)38(41)42/h8-9,11-14,16,23,33-35,37-38,43-45,47-48H,4,7,10,15,17-22,24-25,41-42H2,1-3,5-6H3/b11-8+,31-14-,32-28+/t33-,34-,35+,37-,39-,40-/m1/s1. The van der Waals surface area contributed by atoms with Crippen molar-refractivity contribution >= 4 is 5.78 Å². The summed E-state index contributed by atoms with van der Waals surface area (Å²) in [6.07, 6.45) is 10.4.